The molecular formula is C13H20ClN5. The molecule has 3 heterocycles. The van der Waals surface area contributed by atoms with Gasteiger partial charge >= 0.3 is 0 Å². The van der Waals surface area contributed by atoms with Crippen LogP contribution >= 0.6 is 11.6 Å². The van der Waals surface area contributed by atoms with Crippen LogP contribution in [0.1, 0.15) is 39.0 Å². The van der Waals surface area contributed by atoms with Crippen LogP contribution in [0.4, 0.5) is 11.9 Å². The fourth-order valence-electron chi connectivity index (χ4n) is 3.04. The normalized spacial score (nSPS) is 23.4. The Morgan fingerprint density at radius 1 is 1.05 bits per heavy atom. The van der Waals surface area contributed by atoms with Crippen LogP contribution in [0, 0.1) is 0 Å². The number of rotatable bonds is 3. The Balaban J connectivity index is 1.88. The molecular weight excluding hydrogens is 262 g/mol. The van der Waals surface area contributed by atoms with Crippen molar-refractivity contribution in [3.8, 4) is 0 Å². The van der Waals surface area contributed by atoms with Gasteiger partial charge in [0, 0.05) is 25.7 Å². The van der Waals surface area contributed by atoms with Gasteiger partial charge in [-0.1, -0.05) is 6.92 Å². The van der Waals surface area contributed by atoms with Crippen LogP contribution in [-0.4, -0.2) is 40.6 Å². The third-order valence-electron chi connectivity index (χ3n) is 4.08. The summed E-state index contributed by atoms with van der Waals surface area (Å²) in [6, 6.07) is 0.546. The van der Waals surface area contributed by atoms with Crippen molar-refractivity contribution in [1.82, 2.24) is 15.0 Å². The number of halogens is 1. The lowest BCUT2D eigenvalue weighted by Gasteiger charge is -2.24. The molecule has 0 aliphatic carbocycles. The van der Waals surface area contributed by atoms with Crippen LogP contribution in [-0.2, 0) is 0 Å². The van der Waals surface area contributed by atoms with E-state index >= 15 is 0 Å². The summed E-state index contributed by atoms with van der Waals surface area (Å²) in [7, 11) is 0. The molecule has 3 rings (SSSR count). The molecule has 0 N–H and O–H groups in total. The molecule has 2 aliphatic heterocycles. The third kappa shape index (κ3) is 2.61. The second-order valence-corrected chi connectivity index (χ2v) is 5.63. The van der Waals surface area contributed by atoms with Crippen molar-refractivity contribution in [3.05, 3.63) is 5.28 Å². The van der Waals surface area contributed by atoms with E-state index < -0.39 is 0 Å². The van der Waals surface area contributed by atoms with E-state index in [1.807, 2.05) is 0 Å². The van der Waals surface area contributed by atoms with Gasteiger partial charge in [-0.05, 0) is 43.7 Å². The average molecular weight is 282 g/mol. The van der Waals surface area contributed by atoms with Gasteiger partial charge in [-0.3, -0.25) is 0 Å². The maximum absolute atomic E-state index is 6.08. The van der Waals surface area contributed by atoms with Crippen LogP contribution in [0.5, 0.6) is 0 Å². The zero-order chi connectivity index (χ0) is 13.2. The SMILES string of the molecule is CCC1CCCN1c1nc(Cl)nc(N2CCCC2)n1. The first-order valence-electron chi connectivity index (χ1n) is 7.21. The summed E-state index contributed by atoms with van der Waals surface area (Å²) < 4.78 is 0. The van der Waals surface area contributed by atoms with Gasteiger partial charge in [-0.2, -0.15) is 15.0 Å². The molecule has 2 saturated heterocycles. The van der Waals surface area contributed by atoms with Gasteiger partial charge in [-0.15, -0.1) is 0 Å². The monoisotopic (exact) mass is 281 g/mol. The molecule has 5 nitrogen and oxygen atoms in total. The van der Waals surface area contributed by atoms with E-state index in [1.54, 1.807) is 0 Å². The maximum Gasteiger partial charge on any atom is 0.231 e. The minimum atomic E-state index is 0.314. The van der Waals surface area contributed by atoms with Crippen molar-refractivity contribution in [3.63, 3.8) is 0 Å². The molecule has 1 aromatic heterocycles. The van der Waals surface area contributed by atoms with Gasteiger partial charge < -0.3 is 9.80 Å². The fraction of sp³-hybridized carbons (Fsp3) is 0.769. The van der Waals surface area contributed by atoms with Crippen LogP contribution in [0.15, 0.2) is 0 Å². The largest absolute Gasteiger partial charge is 0.341 e. The molecule has 19 heavy (non-hydrogen) atoms. The smallest absolute Gasteiger partial charge is 0.231 e. The van der Waals surface area contributed by atoms with Crippen LogP contribution in [0.25, 0.3) is 0 Å². The number of hydrogen-bond donors (Lipinski definition) is 0. The Morgan fingerprint density at radius 2 is 1.79 bits per heavy atom. The van der Waals surface area contributed by atoms with E-state index in [0.717, 1.165) is 38.0 Å². The molecule has 0 saturated carbocycles. The van der Waals surface area contributed by atoms with Crippen molar-refractivity contribution >= 4 is 23.5 Å². The summed E-state index contributed by atoms with van der Waals surface area (Å²) >= 11 is 6.08. The zero-order valence-electron chi connectivity index (χ0n) is 11.3. The quantitative estimate of drug-likeness (QED) is 0.852. The van der Waals surface area contributed by atoms with Gasteiger partial charge in [0.15, 0.2) is 0 Å². The van der Waals surface area contributed by atoms with E-state index in [1.165, 1.54) is 25.7 Å². The lowest BCUT2D eigenvalue weighted by molar-refractivity contribution is 0.632. The maximum atomic E-state index is 6.08. The van der Waals surface area contributed by atoms with E-state index in [-0.39, 0.29) is 0 Å². The Kier molecular flexibility index (Phi) is 3.73. The van der Waals surface area contributed by atoms with Crippen molar-refractivity contribution in [1.29, 1.82) is 0 Å². The average Bonchev–Trinajstić information content (AvgIpc) is 3.09. The molecule has 104 valence electrons. The zero-order valence-corrected chi connectivity index (χ0v) is 12.1. The molecule has 6 heteroatoms. The molecule has 1 unspecified atom stereocenters. The highest BCUT2D eigenvalue weighted by Crippen LogP contribution is 2.27. The highest BCUT2D eigenvalue weighted by molar-refractivity contribution is 6.28. The first kappa shape index (κ1) is 12.9. The molecule has 0 amide bonds. The Hall–Kier alpha value is -1.10. The minimum Gasteiger partial charge on any atom is -0.341 e. The molecule has 1 aromatic rings. The topological polar surface area (TPSA) is 45.2 Å². The first-order chi connectivity index (χ1) is 9.28. The molecule has 2 aliphatic rings. The molecule has 2 fully saturated rings. The van der Waals surface area contributed by atoms with Gasteiger partial charge in [-0.25, -0.2) is 0 Å². The van der Waals surface area contributed by atoms with Crippen molar-refractivity contribution in [2.75, 3.05) is 29.4 Å². The van der Waals surface area contributed by atoms with E-state index in [9.17, 15) is 0 Å². The van der Waals surface area contributed by atoms with E-state index in [0.29, 0.717) is 11.3 Å². The summed E-state index contributed by atoms with van der Waals surface area (Å²) in [5, 5.41) is 0.314. The second-order valence-electron chi connectivity index (χ2n) is 5.30. The highest BCUT2D eigenvalue weighted by Gasteiger charge is 2.27. The highest BCUT2D eigenvalue weighted by atomic mass is 35.5. The lowest BCUT2D eigenvalue weighted by atomic mass is 10.2. The lowest BCUT2D eigenvalue weighted by Crippen LogP contribution is -2.31. The number of anilines is 2. The summed E-state index contributed by atoms with van der Waals surface area (Å²) in [5.41, 5.74) is 0. The molecule has 1 atom stereocenters. The minimum absolute atomic E-state index is 0.314. The van der Waals surface area contributed by atoms with Gasteiger partial charge in [0.25, 0.3) is 0 Å². The number of aromatic nitrogens is 3. The van der Waals surface area contributed by atoms with Crippen LogP contribution in [0.2, 0.25) is 5.28 Å². The predicted molar refractivity (Wildman–Crippen MR) is 76.9 cm³/mol. The van der Waals surface area contributed by atoms with Crippen molar-refractivity contribution in [2.24, 2.45) is 0 Å². The molecule has 0 radical (unpaired) electrons. The second kappa shape index (κ2) is 5.49. The Labute approximate surface area is 119 Å². The number of hydrogen-bond acceptors (Lipinski definition) is 5. The standard InChI is InChI=1S/C13H20ClN5/c1-2-10-6-5-9-19(10)13-16-11(14)15-12(17-13)18-7-3-4-8-18/h10H,2-9H2,1H3. The van der Waals surface area contributed by atoms with Crippen molar-refractivity contribution in [2.45, 2.75) is 45.1 Å². The van der Waals surface area contributed by atoms with E-state index in [2.05, 4.69) is 31.7 Å². The van der Waals surface area contributed by atoms with Gasteiger partial charge in [0.05, 0.1) is 0 Å². The van der Waals surface area contributed by atoms with Crippen molar-refractivity contribution < 1.29 is 0 Å². The van der Waals surface area contributed by atoms with E-state index in [4.69, 9.17) is 11.6 Å². The predicted octanol–water partition coefficient (Wildman–Crippen LogP) is 2.50. The molecule has 0 spiro atoms. The summed E-state index contributed by atoms with van der Waals surface area (Å²) in [4.78, 5) is 17.7. The Morgan fingerprint density at radius 3 is 2.53 bits per heavy atom. The molecule has 0 bridgehead atoms. The van der Waals surface area contributed by atoms with Crippen LogP contribution < -0.4 is 9.80 Å². The first-order valence-corrected chi connectivity index (χ1v) is 7.59. The summed E-state index contributed by atoms with van der Waals surface area (Å²) in [6.07, 6.45) is 5.97. The van der Waals surface area contributed by atoms with Gasteiger partial charge in [0.1, 0.15) is 0 Å². The summed E-state index contributed by atoms with van der Waals surface area (Å²) in [5.74, 6) is 1.50. The summed E-state index contributed by atoms with van der Waals surface area (Å²) in [6.45, 7) is 5.29. The van der Waals surface area contributed by atoms with Crippen LogP contribution in [0.3, 0.4) is 0 Å². The molecule has 0 aromatic carbocycles. The fourth-order valence-corrected chi connectivity index (χ4v) is 3.19. The van der Waals surface area contributed by atoms with Gasteiger partial charge in [0.2, 0.25) is 17.2 Å². The number of nitrogens with zero attached hydrogens (tertiary/aromatic N) is 5. The Bertz CT molecular complexity index is 447. The third-order valence-corrected chi connectivity index (χ3v) is 4.25.